The Balaban J connectivity index is 2.32. The van der Waals surface area contributed by atoms with Crippen LogP contribution in [0, 0.1) is 29.1 Å². The zero-order valence-electron chi connectivity index (χ0n) is 10.2. The molecule has 0 fully saturated rings. The molecule has 0 atom stereocenters. The molecule has 0 aromatic heterocycles. The van der Waals surface area contributed by atoms with E-state index in [0.717, 1.165) is 0 Å². The first-order valence-electron chi connectivity index (χ1n) is 5.51. The number of benzene rings is 2. The predicted octanol–water partition coefficient (Wildman–Crippen LogP) is 4.20. The van der Waals surface area contributed by atoms with Gasteiger partial charge >= 0.3 is 0 Å². The average Bonchev–Trinajstić information content (AvgIpc) is 2.45. The van der Waals surface area contributed by atoms with Gasteiger partial charge in [-0.2, -0.15) is 8.78 Å². The molecule has 0 saturated carbocycles. The summed E-state index contributed by atoms with van der Waals surface area (Å²) in [4.78, 5) is 0. The van der Waals surface area contributed by atoms with Gasteiger partial charge in [-0.3, -0.25) is 0 Å². The van der Waals surface area contributed by atoms with Gasteiger partial charge in [-0.15, -0.1) is 0 Å². The molecule has 0 unspecified atom stereocenters. The van der Waals surface area contributed by atoms with Crippen LogP contribution in [0.2, 0.25) is 5.02 Å². The Morgan fingerprint density at radius 1 is 0.905 bits per heavy atom. The maximum atomic E-state index is 13.4. The Bertz CT molecular complexity index is 678. The van der Waals surface area contributed by atoms with Crippen LogP contribution in [0.5, 0.6) is 5.75 Å². The highest BCUT2D eigenvalue weighted by Gasteiger charge is 2.27. The SMILES string of the molecule is Nc1ccc(COc2c(F)c(F)c(F)c(F)c2F)c(Cl)c1. The molecule has 0 aliphatic rings. The van der Waals surface area contributed by atoms with Gasteiger partial charge in [0.05, 0.1) is 0 Å². The lowest BCUT2D eigenvalue weighted by atomic mass is 10.2. The maximum absolute atomic E-state index is 13.4. The van der Waals surface area contributed by atoms with Gasteiger partial charge in [0.25, 0.3) is 0 Å². The summed E-state index contributed by atoms with van der Waals surface area (Å²) in [5.74, 6) is -11.8. The fraction of sp³-hybridized carbons (Fsp3) is 0.0769. The molecule has 0 aliphatic carbocycles. The van der Waals surface area contributed by atoms with Gasteiger partial charge in [0.1, 0.15) is 6.61 Å². The molecule has 2 nitrogen and oxygen atoms in total. The summed E-state index contributed by atoms with van der Waals surface area (Å²) < 4.78 is 70.2. The summed E-state index contributed by atoms with van der Waals surface area (Å²) >= 11 is 5.81. The smallest absolute Gasteiger partial charge is 0.207 e. The monoisotopic (exact) mass is 323 g/mol. The normalized spacial score (nSPS) is 10.8. The van der Waals surface area contributed by atoms with Crippen molar-refractivity contribution in [1.82, 2.24) is 0 Å². The van der Waals surface area contributed by atoms with E-state index in [1.165, 1.54) is 18.2 Å². The van der Waals surface area contributed by atoms with E-state index in [9.17, 15) is 22.0 Å². The van der Waals surface area contributed by atoms with E-state index in [1.807, 2.05) is 0 Å². The van der Waals surface area contributed by atoms with Crippen LogP contribution in [0.25, 0.3) is 0 Å². The van der Waals surface area contributed by atoms with Gasteiger partial charge in [-0.1, -0.05) is 17.7 Å². The van der Waals surface area contributed by atoms with Crippen molar-refractivity contribution in [3.63, 3.8) is 0 Å². The number of hydrogen-bond donors (Lipinski definition) is 1. The number of nitrogen functional groups attached to an aromatic ring is 1. The van der Waals surface area contributed by atoms with E-state index < -0.39 is 41.4 Å². The second kappa shape index (κ2) is 5.77. The third kappa shape index (κ3) is 2.87. The van der Waals surface area contributed by atoms with Crippen LogP contribution >= 0.6 is 11.6 Å². The first kappa shape index (κ1) is 15.4. The van der Waals surface area contributed by atoms with Gasteiger partial charge in [0.15, 0.2) is 5.75 Å². The zero-order valence-corrected chi connectivity index (χ0v) is 10.9. The minimum atomic E-state index is -2.25. The van der Waals surface area contributed by atoms with Crippen LogP contribution in [0.4, 0.5) is 27.6 Å². The summed E-state index contributed by atoms with van der Waals surface area (Å²) in [5, 5.41) is 0.138. The maximum Gasteiger partial charge on any atom is 0.207 e. The van der Waals surface area contributed by atoms with Crippen molar-refractivity contribution in [2.75, 3.05) is 5.73 Å². The van der Waals surface area contributed by atoms with Crippen LogP contribution in [0.3, 0.4) is 0 Å². The Labute approximate surface area is 120 Å². The number of nitrogens with two attached hydrogens (primary N) is 1. The van der Waals surface area contributed by atoms with E-state index in [4.69, 9.17) is 17.3 Å². The molecule has 2 N–H and O–H groups in total. The highest BCUT2D eigenvalue weighted by atomic mass is 35.5. The molecule has 0 amide bonds. The van der Waals surface area contributed by atoms with Crippen LogP contribution in [0.1, 0.15) is 5.56 Å². The Kier molecular flexibility index (Phi) is 4.22. The zero-order chi connectivity index (χ0) is 15.7. The fourth-order valence-electron chi connectivity index (χ4n) is 1.54. The fourth-order valence-corrected chi connectivity index (χ4v) is 1.79. The van der Waals surface area contributed by atoms with Crippen molar-refractivity contribution in [3.05, 3.63) is 57.9 Å². The lowest BCUT2D eigenvalue weighted by Gasteiger charge is -2.11. The molecule has 0 radical (unpaired) electrons. The second-order valence-corrected chi connectivity index (χ2v) is 4.45. The molecule has 8 heteroatoms. The van der Waals surface area contributed by atoms with Gasteiger partial charge in [-0.05, 0) is 12.1 Å². The quantitative estimate of drug-likeness (QED) is 0.398. The lowest BCUT2D eigenvalue weighted by molar-refractivity contribution is 0.253. The van der Waals surface area contributed by atoms with Crippen molar-refractivity contribution in [3.8, 4) is 5.75 Å². The number of hydrogen-bond acceptors (Lipinski definition) is 2. The Morgan fingerprint density at radius 2 is 1.43 bits per heavy atom. The lowest BCUT2D eigenvalue weighted by Crippen LogP contribution is -2.07. The molecule has 0 spiro atoms. The third-order valence-corrected chi connectivity index (χ3v) is 2.97. The second-order valence-electron chi connectivity index (χ2n) is 4.04. The molecule has 112 valence electrons. The van der Waals surface area contributed by atoms with Gasteiger partial charge in [0.2, 0.25) is 29.1 Å². The summed E-state index contributed by atoms with van der Waals surface area (Å²) in [6.07, 6.45) is 0. The minimum Gasteiger partial charge on any atom is -0.483 e. The molecule has 21 heavy (non-hydrogen) atoms. The predicted molar refractivity (Wildman–Crippen MR) is 66.4 cm³/mol. The number of ether oxygens (including phenoxy) is 1. The van der Waals surface area contributed by atoms with Crippen molar-refractivity contribution < 1.29 is 26.7 Å². The molecule has 2 rings (SSSR count). The summed E-state index contributed by atoms with van der Waals surface area (Å²) in [7, 11) is 0. The molecule has 0 aliphatic heterocycles. The van der Waals surface area contributed by atoms with Gasteiger partial charge < -0.3 is 10.5 Å². The first-order chi connectivity index (χ1) is 9.82. The average molecular weight is 324 g/mol. The van der Waals surface area contributed by atoms with E-state index in [2.05, 4.69) is 4.74 Å². The van der Waals surface area contributed by atoms with Gasteiger partial charge in [0, 0.05) is 16.3 Å². The Hall–Kier alpha value is -2.02. The van der Waals surface area contributed by atoms with Gasteiger partial charge in [-0.25, -0.2) is 13.2 Å². The van der Waals surface area contributed by atoms with E-state index in [1.54, 1.807) is 0 Å². The number of halogens is 6. The van der Waals surface area contributed by atoms with Crippen LogP contribution in [0.15, 0.2) is 18.2 Å². The molecule has 0 saturated heterocycles. The minimum absolute atomic E-state index is 0.138. The topological polar surface area (TPSA) is 35.2 Å². The summed E-state index contributed by atoms with van der Waals surface area (Å²) in [6, 6.07) is 4.21. The van der Waals surface area contributed by atoms with Crippen LogP contribution in [-0.4, -0.2) is 0 Å². The standard InChI is InChI=1S/C13H7ClF5NO/c14-7-3-6(20)2-1-5(7)4-21-13-11(18)9(16)8(15)10(17)12(13)19/h1-3H,4,20H2. The molecule has 0 bridgehead atoms. The highest BCUT2D eigenvalue weighted by molar-refractivity contribution is 6.31. The van der Waals surface area contributed by atoms with Crippen LogP contribution in [-0.2, 0) is 6.61 Å². The Morgan fingerprint density at radius 3 is 1.95 bits per heavy atom. The first-order valence-corrected chi connectivity index (χ1v) is 5.88. The van der Waals surface area contributed by atoms with Crippen molar-refractivity contribution >= 4 is 17.3 Å². The largest absolute Gasteiger partial charge is 0.483 e. The van der Waals surface area contributed by atoms with Crippen molar-refractivity contribution in [2.45, 2.75) is 6.61 Å². The summed E-state index contributed by atoms with van der Waals surface area (Å²) in [6.45, 7) is -0.489. The molecule has 0 heterocycles. The highest BCUT2D eigenvalue weighted by Crippen LogP contribution is 2.30. The van der Waals surface area contributed by atoms with E-state index >= 15 is 0 Å². The number of rotatable bonds is 3. The molecular formula is C13H7ClF5NO. The molecular weight excluding hydrogens is 317 g/mol. The van der Waals surface area contributed by atoms with Crippen molar-refractivity contribution in [2.24, 2.45) is 0 Å². The molecule has 2 aromatic rings. The summed E-state index contributed by atoms with van der Waals surface area (Å²) in [5.41, 5.74) is 6.07. The van der Waals surface area contributed by atoms with E-state index in [0.29, 0.717) is 5.69 Å². The van der Waals surface area contributed by atoms with E-state index in [-0.39, 0.29) is 10.6 Å². The third-order valence-electron chi connectivity index (χ3n) is 2.62. The van der Waals surface area contributed by atoms with Crippen LogP contribution < -0.4 is 10.5 Å². The van der Waals surface area contributed by atoms with Crippen molar-refractivity contribution in [1.29, 1.82) is 0 Å². The molecule has 2 aromatic carbocycles. The number of anilines is 1.